The topological polar surface area (TPSA) is 76.5 Å². The minimum atomic E-state index is -3.51. The van der Waals surface area contributed by atoms with Crippen LogP contribution in [0.5, 0.6) is 0 Å². The molecule has 0 saturated heterocycles. The number of rotatable bonds is 6. The van der Waals surface area contributed by atoms with Crippen molar-refractivity contribution in [1.29, 1.82) is 0 Å². The first-order chi connectivity index (χ1) is 8.43. The second-order valence-electron chi connectivity index (χ2n) is 4.45. The Morgan fingerprint density at radius 3 is 2.78 bits per heavy atom. The molecule has 0 aliphatic heterocycles. The molecule has 1 atom stereocenters. The van der Waals surface area contributed by atoms with E-state index in [-0.39, 0.29) is 17.6 Å². The Bertz CT molecular complexity index is 520. The van der Waals surface area contributed by atoms with E-state index in [1.54, 1.807) is 12.1 Å². The smallest absolute Gasteiger partial charge is 0.223 e. The van der Waals surface area contributed by atoms with E-state index in [1.807, 2.05) is 0 Å². The quantitative estimate of drug-likeness (QED) is 0.797. The molecular weight excluding hydrogens is 272 g/mol. The van der Waals surface area contributed by atoms with Gasteiger partial charge in [0.25, 0.3) is 0 Å². The number of furan rings is 1. The molecule has 1 aliphatic carbocycles. The molecule has 0 radical (unpaired) electrons. The van der Waals surface area contributed by atoms with Gasteiger partial charge in [0, 0.05) is 6.04 Å². The van der Waals surface area contributed by atoms with E-state index in [1.165, 1.54) is 17.5 Å². The van der Waals surface area contributed by atoms with Gasteiger partial charge in [-0.05, 0) is 31.9 Å². The predicted molar refractivity (Wildman–Crippen MR) is 72.4 cm³/mol. The Kier molecular flexibility index (Phi) is 3.74. The lowest BCUT2D eigenvalue weighted by atomic mass is 10.4. The standard InChI is InChI=1S/C11H16N2O3S2/c1-8(11(12)17)18(14,15)13(9-4-5-9)7-10-3-2-6-16-10/h2-3,6,8-9H,4-5,7H2,1H3,(H2,12,17). The molecule has 1 aromatic rings. The van der Waals surface area contributed by atoms with Crippen molar-refractivity contribution in [2.24, 2.45) is 5.73 Å². The fourth-order valence-corrected chi connectivity index (χ4v) is 3.69. The Morgan fingerprint density at radius 1 is 1.67 bits per heavy atom. The van der Waals surface area contributed by atoms with Crippen LogP contribution < -0.4 is 5.73 Å². The first-order valence-electron chi connectivity index (χ1n) is 5.75. The number of sulfonamides is 1. The second-order valence-corrected chi connectivity index (χ2v) is 7.12. The molecule has 5 nitrogen and oxygen atoms in total. The maximum atomic E-state index is 12.4. The summed E-state index contributed by atoms with van der Waals surface area (Å²) < 4.78 is 31.5. The molecule has 2 N–H and O–H groups in total. The maximum absolute atomic E-state index is 12.4. The highest BCUT2D eigenvalue weighted by Crippen LogP contribution is 2.32. The molecule has 1 aliphatic rings. The molecule has 1 unspecified atom stereocenters. The van der Waals surface area contributed by atoms with Crippen LogP contribution in [0.3, 0.4) is 0 Å². The van der Waals surface area contributed by atoms with Crippen LogP contribution in [0.1, 0.15) is 25.5 Å². The summed E-state index contributed by atoms with van der Waals surface area (Å²) in [4.78, 5) is 0.0000879. The molecule has 0 spiro atoms. The summed E-state index contributed by atoms with van der Waals surface area (Å²) in [5.74, 6) is 0.626. The van der Waals surface area contributed by atoms with Crippen LogP contribution >= 0.6 is 12.2 Å². The van der Waals surface area contributed by atoms with Crippen LogP contribution in [-0.4, -0.2) is 29.0 Å². The molecule has 0 amide bonds. The average Bonchev–Trinajstić information content (AvgIpc) is 3.01. The fourth-order valence-electron chi connectivity index (χ4n) is 1.70. The Hall–Kier alpha value is -0.920. The second kappa shape index (κ2) is 4.99. The van der Waals surface area contributed by atoms with Gasteiger partial charge in [0.15, 0.2) is 0 Å². The Balaban J connectivity index is 2.22. The SMILES string of the molecule is CC(C(N)=S)S(=O)(=O)N(Cc1ccco1)C1CC1. The molecule has 1 aromatic heterocycles. The van der Waals surface area contributed by atoms with E-state index in [2.05, 4.69) is 0 Å². The van der Waals surface area contributed by atoms with Gasteiger partial charge in [-0.2, -0.15) is 4.31 Å². The zero-order chi connectivity index (χ0) is 13.3. The van der Waals surface area contributed by atoms with E-state index in [0.29, 0.717) is 5.76 Å². The Morgan fingerprint density at radius 2 is 2.33 bits per heavy atom. The van der Waals surface area contributed by atoms with E-state index < -0.39 is 15.3 Å². The summed E-state index contributed by atoms with van der Waals surface area (Å²) in [6.07, 6.45) is 3.29. The van der Waals surface area contributed by atoms with Gasteiger partial charge in [0.2, 0.25) is 10.0 Å². The monoisotopic (exact) mass is 288 g/mol. The third-order valence-electron chi connectivity index (χ3n) is 3.02. The molecule has 0 bridgehead atoms. The van der Waals surface area contributed by atoms with Crippen LogP contribution in [0.15, 0.2) is 22.8 Å². The van der Waals surface area contributed by atoms with Crippen LogP contribution in [0, 0.1) is 0 Å². The number of hydrogen-bond donors (Lipinski definition) is 1. The zero-order valence-electron chi connectivity index (χ0n) is 10.1. The van der Waals surface area contributed by atoms with Crippen LogP contribution in [0.25, 0.3) is 0 Å². The first kappa shape index (κ1) is 13.5. The lowest BCUT2D eigenvalue weighted by molar-refractivity contribution is 0.355. The number of hydrogen-bond acceptors (Lipinski definition) is 4. The highest BCUT2D eigenvalue weighted by atomic mass is 32.2. The minimum Gasteiger partial charge on any atom is -0.468 e. The predicted octanol–water partition coefficient (Wildman–Crippen LogP) is 1.25. The van der Waals surface area contributed by atoms with Crippen molar-refractivity contribution < 1.29 is 12.8 Å². The lowest BCUT2D eigenvalue weighted by Crippen LogP contribution is -2.43. The highest BCUT2D eigenvalue weighted by Gasteiger charge is 2.41. The van der Waals surface area contributed by atoms with Gasteiger partial charge in [0.1, 0.15) is 11.0 Å². The summed E-state index contributed by atoms with van der Waals surface area (Å²) in [5, 5.41) is -0.844. The van der Waals surface area contributed by atoms with Crippen molar-refractivity contribution in [2.45, 2.75) is 37.6 Å². The number of nitrogens with zero attached hydrogens (tertiary/aromatic N) is 1. The van der Waals surface area contributed by atoms with Crippen molar-refractivity contribution in [2.75, 3.05) is 0 Å². The normalized spacial score (nSPS) is 17.9. The summed E-state index contributed by atoms with van der Waals surface area (Å²) in [5.41, 5.74) is 5.46. The largest absolute Gasteiger partial charge is 0.468 e. The molecule has 0 aromatic carbocycles. The molecule has 1 fully saturated rings. The summed E-state index contributed by atoms with van der Waals surface area (Å²) in [7, 11) is -3.51. The minimum absolute atomic E-state index is 0.0000879. The summed E-state index contributed by atoms with van der Waals surface area (Å²) >= 11 is 4.79. The summed E-state index contributed by atoms with van der Waals surface area (Å²) in [6.45, 7) is 1.77. The molecule has 18 heavy (non-hydrogen) atoms. The van der Waals surface area contributed by atoms with Crippen LogP contribution in [-0.2, 0) is 16.6 Å². The molecule has 7 heteroatoms. The molecule has 2 rings (SSSR count). The third kappa shape index (κ3) is 2.73. The van der Waals surface area contributed by atoms with Crippen LogP contribution in [0.2, 0.25) is 0 Å². The zero-order valence-corrected chi connectivity index (χ0v) is 11.7. The molecule has 100 valence electrons. The van der Waals surface area contributed by atoms with Gasteiger partial charge in [-0.25, -0.2) is 8.42 Å². The van der Waals surface area contributed by atoms with E-state index in [4.69, 9.17) is 22.4 Å². The Labute approximate surface area is 112 Å². The van der Waals surface area contributed by atoms with Gasteiger partial charge in [-0.15, -0.1) is 0 Å². The molecule has 1 saturated carbocycles. The number of nitrogens with two attached hydrogens (primary N) is 1. The van der Waals surface area contributed by atoms with Gasteiger partial charge >= 0.3 is 0 Å². The van der Waals surface area contributed by atoms with Crippen molar-refractivity contribution in [3.05, 3.63) is 24.2 Å². The van der Waals surface area contributed by atoms with Gasteiger partial charge in [-0.1, -0.05) is 12.2 Å². The van der Waals surface area contributed by atoms with Gasteiger partial charge in [-0.3, -0.25) is 0 Å². The van der Waals surface area contributed by atoms with Crippen molar-refractivity contribution in [3.63, 3.8) is 0 Å². The molecule has 1 heterocycles. The highest BCUT2D eigenvalue weighted by molar-refractivity contribution is 7.92. The van der Waals surface area contributed by atoms with Crippen molar-refractivity contribution >= 4 is 27.2 Å². The summed E-state index contributed by atoms with van der Waals surface area (Å²) in [6, 6.07) is 3.55. The van der Waals surface area contributed by atoms with Crippen LogP contribution in [0.4, 0.5) is 0 Å². The fraction of sp³-hybridized carbons (Fsp3) is 0.545. The van der Waals surface area contributed by atoms with Gasteiger partial charge < -0.3 is 10.2 Å². The maximum Gasteiger partial charge on any atom is 0.223 e. The lowest BCUT2D eigenvalue weighted by Gasteiger charge is -2.24. The van der Waals surface area contributed by atoms with E-state index in [0.717, 1.165) is 12.8 Å². The van der Waals surface area contributed by atoms with Crippen molar-refractivity contribution in [3.8, 4) is 0 Å². The van der Waals surface area contributed by atoms with E-state index in [9.17, 15) is 8.42 Å². The number of thiocarbonyl (C=S) groups is 1. The van der Waals surface area contributed by atoms with Crippen molar-refractivity contribution in [1.82, 2.24) is 4.31 Å². The average molecular weight is 288 g/mol. The van der Waals surface area contributed by atoms with E-state index >= 15 is 0 Å². The first-order valence-corrected chi connectivity index (χ1v) is 7.66. The third-order valence-corrected chi connectivity index (χ3v) is 5.75. The molecular formula is C11H16N2O3S2. The van der Waals surface area contributed by atoms with Gasteiger partial charge in [0.05, 0.1) is 17.8 Å².